The molecule has 1 unspecified atom stereocenters. The van der Waals surface area contributed by atoms with Crippen LogP contribution < -0.4 is 9.80 Å². The molecule has 0 saturated carbocycles. The molecule has 0 bridgehead atoms. The number of hydrogen-bond acceptors (Lipinski definition) is 5. The highest BCUT2D eigenvalue weighted by Gasteiger charge is 2.32. The SMILES string of the molecule is O=C(C1CCCN(c2ccc(-c3ccc(Cl)cc3)nn2)C1)N1CCN(c2ccccc2Cl)CC1. The molecule has 6 nitrogen and oxygen atoms in total. The third kappa shape index (κ3) is 4.98. The minimum atomic E-state index is -0.0154. The molecule has 0 spiro atoms. The lowest BCUT2D eigenvalue weighted by Crippen LogP contribution is -2.52. The summed E-state index contributed by atoms with van der Waals surface area (Å²) in [5.41, 5.74) is 2.83. The first-order chi connectivity index (χ1) is 16.6. The molecule has 34 heavy (non-hydrogen) atoms. The fraction of sp³-hybridized carbons (Fsp3) is 0.346. The summed E-state index contributed by atoms with van der Waals surface area (Å²) in [4.78, 5) is 19.8. The van der Waals surface area contributed by atoms with Gasteiger partial charge in [-0.05, 0) is 49.2 Å². The number of anilines is 2. The number of para-hydroxylation sites is 1. The summed E-state index contributed by atoms with van der Waals surface area (Å²) in [6, 6.07) is 19.4. The average molecular weight is 496 g/mol. The van der Waals surface area contributed by atoms with Gasteiger partial charge in [-0.1, -0.05) is 47.5 Å². The summed E-state index contributed by atoms with van der Waals surface area (Å²) < 4.78 is 0. The molecule has 2 aromatic carbocycles. The Kier molecular flexibility index (Phi) is 6.88. The van der Waals surface area contributed by atoms with E-state index < -0.39 is 0 Å². The van der Waals surface area contributed by atoms with E-state index in [0.717, 1.165) is 73.4 Å². The Balaban J connectivity index is 1.19. The van der Waals surface area contributed by atoms with E-state index >= 15 is 0 Å². The quantitative estimate of drug-likeness (QED) is 0.508. The van der Waals surface area contributed by atoms with Crippen LogP contribution in [0.2, 0.25) is 10.0 Å². The fourth-order valence-electron chi connectivity index (χ4n) is 4.79. The Hall–Kier alpha value is -2.83. The van der Waals surface area contributed by atoms with E-state index in [1.807, 2.05) is 65.6 Å². The van der Waals surface area contributed by atoms with E-state index in [2.05, 4.69) is 20.0 Å². The van der Waals surface area contributed by atoms with Crippen molar-refractivity contribution in [3.8, 4) is 11.3 Å². The van der Waals surface area contributed by atoms with Gasteiger partial charge in [0.1, 0.15) is 0 Å². The third-order valence-corrected chi connectivity index (χ3v) is 7.24. The predicted octanol–water partition coefficient (Wildman–Crippen LogP) is 5.02. The lowest BCUT2D eigenvalue weighted by atomic mass is 9.96. The molecule has 3 heterocycles. The van der Waals surface area contributed by atoms with Crippen LogP contribution in [0.3, 0.4) is 0 Å². The topological polar surface area (TPSA) is 52.6 Å². The van der Waals surface area contributed by atoms with Crippen LogP contribution in [-0.2, 0) is 4.79 Å². The van der Waals surface area contributed by atoms with Crippen LogP contribution >= 0.6 is 23.2 Å². The summed E-state index contributed by atoms with van der Waals surface area (Å²) in [6.07, 6.45) is 1.88. The fourth-order valence-corrected chi connectivity index (χ4v) is 5.17. The lowest BCUT2D eigenvalue weighted by Gasteiger charge is -2.40. The number of rotatable bonds is 4. The lowest BCUT2D eigenvalue weighted by molar-refractivity contribution is -0.136. The Labute approximate surface area is 210 Å². The van der Waals surface area contributed by atoms with Crippen molar-refractivity contribution >= 4 is 40.6 Å². The second-order valence-corrected chi connectivity index (χ2v) is 9.68. The minimum Gasteiger partial charge on any atom is -0.367 e. The molecule has 5 rings (SSSR count). The summed E-state index contributed by atoms with van der Waals surface area (Å²) >= 11 is 12.3. The van der Waals surface area contributed by atoms with Crippen LogP contribution in [0.25, 0.3) is 11.3 Å². The van der Waals surface area contributed by atoms with Gasteiger partial charge in [0.15, 0.2) is 5.82 Å². The highest BCUT2D eigenvalue weighted by molar-refractivity contribution is 6.33. The van der Waals surface area contributed by atoms with E-state index in [9.17, 15) is 4.79 Å². The molecule has 1 atom stereocenters. The number of carbonyl (C=O) groups is 1. The van der Waals surface area contributed by atoms with Gasteiger partial charge in [-0.15, -0.1) is 10.2 Å². The van der Waals surface area contributed by atoms with Crippen LogP contribution in [0, 0.1) is 5.92 Å². The first kappa shape index (κ1) is 22.9. The Bertz CT molecular complexity index is 1130. The molecule has 2 aliphatic heterocycles. The van der Waals surface area contributed by atoms with Crippen molar-refractivity contribution in [2.75, 3.05) is 49.1 Å². The van der Waals surface area contributed by atoms with Crippen LogP contribution in [0.1, 0.15) is 12.8 Å². The van der Waals surface area contributed by atoms with Crippen molar-refractivity contribution in [2.24, 2.45) is 5.92 Å². The van der Waals surface area contributed by atoms with Gasteiger partial charge in [0.2, 0.25) is 5.91 Å². The third-order valence-electron chi connectivity index (χ3n) is 6.67. The zero-order valence-corrected chi connectivity index (χ0v) is 20.4. The van der Waals surface area contributed by atoms with E-state index in [0.29, 0.717) is 11.6 Å². The molecule has 1 amide bonds. The molecule has 3 aromatic rings. The maximum absolute atomic E-state index is 13.3. The van der Waals surface area contributed by atoms with Gasteiger partial charge in [-0.2, -0.15) is 0 Å². The average Bonchev–Trinajstić information content (AvgIpc) is 2.89. The van der Waals surface area contributed by atoms with Crippen molar-refractivity contribution in [1.82, 2.24) is 15.1 Å². The van der Waals surface area contributed by atoms with Crippen molar-refractivity contribution in [1.29, 1.82) is 0 Å². The van der Waals surface area contributed by atoms with E-state index in [1.165, 1.54) is 0 Å². The molecule has 0 aliphatic carbocycles. The summed E-state index contributed by atoms with van der Waals surface area (Å²) in [6.45, 7) is 4.59. The number of hydrogen-bond donors (Lipinski definition) is 0. The van der Waals surface area contributed by atoms with E-state index in [-0.39, 0.29) is 11.8 Å². The van der Waals surface area contributed by atoms with Crippen molar-refractivity contribution in [3.05, 3.63) is 70.7 Å². The molecular formula is C26H27Cl2N5O. The highest BCUT2D eigenvalue weighted by Crippen LogP contribution is 2.28. The molecule has 8 heteroatoms. The zero-order chi connectivity index (χ0) is 23.5. The van der Waals surface area contributed by atoms with Crippen molar-refractivity contribution in [3.63, 3.8) is 0 Å². The Morgan fingerprint density at radius 1 is 0.824 bits per heavy atom. The van der Waals surface area contributed by atoms with Crippen LogP contribution in [-0.4, -0.2) is 60.3 Å². The van der Waals surface area contributed by atoms with Gasteiger partial charge in [0, 0.05) is 49.9 Å². The molecule has 2 saturated heterocycles. The number of piperidine rings is 1. The van der Waals surface area contributed by atoms with Gasteiger partial charge in [0.25, 0.3) is 0 Å². The number of nitrogens with zero attached hydrogens (tertiary/aromatic N) is 5. The number of halogens is 2. The molecule has 1 aromatic heterocycles. The van der Waals surface area contributed by atoms with Gasteiger partial charge >= 0.3 is 0 Å². The second kappa shape index (κ2) is 10.2. The van der Waals surface area contributed by atoms with Gasteiger partial charge in [0.05, 0.1) is 22.3 Å². The molecule has 0 N–H and O–H groups in total. The maximum atomic E-state index is 13.3. The normalized spacial score (nSPS) is 18.8. The first-order valence-electron chi connectivity index (χ1n) is 11.7. The number of carbonyl (C=O) groups excluding carboxylic acids is 1. The van der Waals surface area contributed by atoms with E-state index in [1.54, 1.807) is 0 Å². The molecule has 0 radical (unpaired) electrons. The van der Waals surface area contributed by atoms with Crippen molar-refractivity contribution in [2.45, 2.75) is 12.8 Å². The smallest absolute Gasteiger partial charge is 0.227 e. The van der Waals surface area contributed by atoms with Crippen LogP contribution in [0.5, 0.6) is 0 Å². The largest absolute Gasteiger partial charge is 0.367 e. The summed E-state index contributed by atoms with van der Waals surface area (Å²) in [5.74, 6) is 1.05. The standard InChI is InChI=1S/C26H27Cl2N5O/c27-21-9-7-19(8-10-21)23-11-12-25(30-29-23)33-13-3-4-20(18-33)26(34)32-16-14-31(15-17-32)24-6-2-1-5-22(24)28/h1-2,5-12,20H,3-4,13-18H2. The first-order valence-corrected chi connectivity index (χ1v) is 12.5. The van der Waals surface area contributed by atoms with Crippen molar-refractivity contribution < 1.29 is 4.79 Å². The molecule has 2 fully saturated rings. The van der Waals surface area contributed by atoms with Crippen LogP contribution in [0.15, 0.2) is 60.7 Å². The predicted molar refractivity (Wildman–Crippen MR) is 138 cm³/mol. The number of benzene rings is 2. The summed E-state index contributed by atoms with van der Waals surface area (Å²) in [7, 11) is 0. The minimum absolute atomic E-state index is 0.0154. The Morgan fingerprint density at radius 3 is 2.29 bits per heavy atom. The maximum Gasteiger partial charge on any atom is 0.227 e. The monoisotopic (exact) mass is 495 g/mol. The second-order valence-electron chi connectivity index (χ2n) is 8.83. The van der Waals surface area contributed by atoms with E-state index in [4.69, 9.17) is 23.2 Å². The van der Waals surface area contributed by atoms with Gasteiger partial charge in [-0.3, -0.25) is 4.79 Å². The van der Waals surface area contributed by atoms with Gasteiger partial charge in [-0.25, -0.2) is 0 Å². The molecule has 2 aliphatic rings. The van der Waals surface area contributed by atoms with Crippen LogP contribution in [0.4, 0.5) is 11.5 Å². The number of amides is 1. The van der Waals surface area contributed by atoms with Gasteiger partial charge < -0.3 is 14.7 Å². The number of piperazine rings is 1. The highest BCUT2D eigenvalue weighted by atomic mass is 35.5. The summed E-state index contributed by atoms with van der Waals surface area (Å²) in [5, 5.41) is 10.3. The molecular weight excluding hydrogens is 469 g/mol. The number of aromatic nitrogens is 2. The molecule has 176 valence electrons. The Morgan fingerprint density at radius 2 is 1.59 bits per heavy atom. The zero-order valence-electron chi connectivity index (χ0n) is 18.9.